The van der Waals surface area contributed by atoms with Crippen molar-refractivity contribution >= 4 is 11.8 Å². The van der Waals surface area contributed by atoms with Gasteiger partial charge in [0.1, 0.15) is 18.1 Å². The molecule has 1 heterocycles. The lowest BCUT2D eigenvalue weighted by atomic mass is 10.3. The minimum atomic E-state index is 0.312. The maximum atomic E-state index is 5.82. The standard InChI is InChI=1S/C20H23N3O4S/c1-23-19(14-27-18-7-5-4-6-17(18)25-3)21-22-20(23)28-13-12-26-16-10-8-15(24-2)9-11-16/h4-11H,12-14H2,1-3H3. The molecule has 0 aliphatic carbocycles. The molecule has 0 fully saturated rings. The molecule has 0 bridgehead atoms. The van der Waals surface area contributed by atoms with Gasteiger partial charge in [-0.3, -0.25) is 0 Å². The van der Waals surface area contributed by atoms with E-state index < -0.39 is 0 Å². The maximum absolute atomic E-state index is 5.82. The van der Waals surface area contributed by atoms with Crippen LogP contribution in [0.4, 0.5) is 0 Å². The van der Waals surface area contributed by atoms with E-state index in [0.717, 1.165) is 28.2 Å². The van der Waals surface area contributed by atoms with Gasteiger partial charge in [0.05, 0.1) is 20.8 Å². The first-order valence-electron chi connectivity index (χ1n) is 8.75. The first kappa shape index (κ1) is 19.9. The molecule has 0 atom stereocenters. The fourth-order valence-corrected chi connectivity index (χ4v) is 3.19. The Hall–Kier alpha value is -2.87. The van der Waals surface area contributed by atoms with Gasteiger partial charge in [-0.15, -0.1) is 10.2 Å². The van der Waals surface area contributed by atoms with Gasteiger partial charge >= 0.3 is 0 Å². The van der Waals surface area contributed by atoms with Crippen molar-refractivity contribution in [2.75, 3.05) is 26.6 Å². The first-order valence-corrected chi connectivity index (χ1v) is 9.73. The Morgan fingerprint density at radius 3 is 2.29 bits per heavy atom. The van der Waals surface area contributed by atoms with Crippen molar-refractivity contribution in [3.05, 3.63) is 54.4 Å². The summed E-state index contributed by atoms with van der Waals surface area (Å²) >= 11 is 1.58. The van der Waals surface area contributed by atoms with E-state index in [2.05, 4.69) is 10.2 Å². The molecule has 0 amide bonds. The van der Waals surface area contributed by atoms with Gasteiger partial charge in [0.2, 0.25) is 0 Å². The zero-order chi connectivity index (χ0) is 19.8. The van der Waals surface area contributed by atoms with Gasteiger partial charge in [0, 0.05) is 12.8 Å². The summed E-state index contributed by atoms with van der Waals surface area (Å²) in [7, 11) is 5.18. The summed E-state index contributed by atoms with van der Waals surface area (Å²) < 4.78 is 23.9. The van der Waals surface area contributed by atoms with Crippen LogP contribution in [0.2, 0.25) is 0 Å². The van der Waals surface area contributed by atoms with Crippen LogP contribution in [0.25, 0.3) is 0 Å². The second-order valence-electron chi connectivity index (χ2n) is 5.77. The molecule has 0 N–H and O–H groups in total. The number of rotatable bonds is 10. The van der Waals surface area contributed by atoms with Crippen molar-refractivity contribution in [1.29, 1.82) is 0 Å². The predicted molar refractivity (Wildman–Crippen MR) is 108 cm³/mol. The number of hydrogen-bond donors (Lipinski definition) is 0. The van der Waals surface area contributed by atoms with E-state index in [1.165, 1.54) is 0 Å². The molecule has 3 aromatic rings. The Morgan fingerprint density at radius 1 is 0.857 bits per heavy atom. The van der Waals surface area contributed by atoms with Crippen molar-refractivity contribution in [2.45, 2.75) is 11.8 Å². The van der Waals surface area contributed by atoms with Crippen molar-refractivity contribution in [3.8, 4) is 23.0 Å². The number of para-hydroxylation sites is 2. The second-order valence-corrected chi connectivity index (χ2v) is 6.83. The third-order valence-electron chi connectivity index (χ3n) is 3.99. The molecule has 0 saturated carbocycles. The van der Waals surface area contributed by atoms with E-state index in [1.54, 1.807) is 26.0 Å². The largest absolute Gasteiger partial charge is 0.497 e. The molecule has 0 aliphatic rings. The highest BCUT2D eigenvalue weighted by Gasteiger charge is 2.11. The van der Waals surface area contributed by atoms with Crippen LogP contribution in [0.1, 0.15) is 5.82 Å². The molecule has 0 spiro atoms. The average Bonchev–Trinajstić information content (AvgIpc) is 3.09. The number of methoxy groups -OCH3 is 2. The maximum Gasteiger partial charge on any atom is 0.191 e. The van der Waals surface area contributed by atoms with Crippen LogP contribution in [0.15, 0.2) is 53.7 Å². The minimum absolute atomic E-state index is 0.312. The van der Waals surface area contributed by atoms with Crippen LogP contribution >= 0.6 is 11.8 Å². The van der Waals surface area contributed by atoms with Crippen molar-refractivity contribution in [2.24, 2.45) is 7.05 Å². The number of aromatic nitrogens is 3. The third-order valence-corrected chi connectivity index (χ3v) is 4.98. The number of hydrogen-bond acceptors (Lipinski definition) is 7. The summed E-state index contributed by atoms with van der Waals surface area (Å²) in [4.78, 5) is 0. The Bertz CT molecular complexity index is 883. The molecular formula is C20H23N3O4S. The molecule has 28 heavy (non-hydrogen) atoms. The summed E-state index contributed by atoms with van der Waals surface area (Å²) in [6.07, 6.45) is 0. The molecule has 148 valence electrons. The summed E-state index contributed by atoms with van der Waals surface area (Å²) in [6.45, 7) is 0.879. The van der Waals surface area contributed by atoms with E-state index in [4.69, 9.17) is 18.9 Å². The third kappa shape index (κ3) is 5.10. The zero-order valence-electron chi connectivity index (χ0n) is 16.1. The Balaban J connectivity index is 1.47. The second kappa shape index (κ2) is 9.89. The Morgan fingerprint density at radius 2 is 1.57 bits per heavy atom. The highest BCUT2D eigenvalue weighted by atomic mass is 32.2. The van der Waals surface area contributed by atoms with Crippen LogP contribution in [-0.2, 0) is 13.7 Å². The molecule has 0 saturated heterocycles. The van der Waals surface area contributed by atoms with Gasteiger partial charge in [-0.05, 0) is 36.4 Å². The summed E-state index contributed by atoms with van der Waals surface area (Å²) in [5, 5.41) is 9.26. The number of ether oxygens (including phenoxy) is 4. The molecular weight excluding hydrogens is 378 g/mol. The fraction of sp³-hybridized carbons (Fsp3) is 0.300. The van der Waals surface area contributed by atoms with Crippen LogP contribution in [-0.4, -0.2) is 41.3 Å². The van der Waals surface area contributed by atoms with E-state index in [9.17, 15) is 0 Å². The SMILES string of the molecule is COc1ccc(OCCSc2nnc(COc3ccccc3OC)n2C)cc1. The lowest BCUT2D eigenvalue weighted by molar-refractivity contribution is 0.272. The highest BCUT2D eigenvalue weighted by molar-refractivity contribution is 7.99. The number of benzene rings is 2. The van der Waals surface area contributed by atoms with Gasteiger partial charge in [-0.25, -0.2) is 0 Å². The molecule has 0 radical (unpaired) electrons. The van der Waals surface area contributed by atoms with Gasteiger partial charge in [-0.1, -0.05) is 23.9 Å². The molecule has 8 heteroatoms. The summed E-state index contributed by atoms with van der Waals surface area (Å²) in [5.41, 5.74) is 0. The van der Waals surface area contributed by atoms with Gasteiger partial charge < -0.3 is 23.5 Å². The summed E-state index contributed by atoms with van der Waals surface area (Å²) in [5.74, 6) is 4.48. The van der Waals surface area contributed by atoms with Crippen LogP contribution < -0.4 is 18.9 Å². The van der Waals surface area contributed by atoms with Gasteiger partial charge in [0.15, 0.2) is 22.5 Å². The molecule has 0 unspecified atom stereocenters. The molecule has 3 rings (SSSR count). The monoisotopic (exact) mass is 401 g/mol. The molecule has 1 aromatic heterocycles. The van der Waals surface area contributed by atoms with E-state index in [-0.39, 0.29) is 0 Å². The van der Waals surface area contributed by atoms with Crippen molar-refractivity contribution in [1.82, 2.24) is 14.8 Å². The van der Waals surface area contributed by atoms with Crippen LogP contribution in [0.5, 0.6) is 23.0 Å². The lowest BCUT2D eigenvalue weighted by Crippen LogP contribution is -2.06. The van der Waals surface area contributed by atoms with Gasteiger partial charge in [-0.2, -0.15) is 0 Å². The minimum Gasteiger partial charge on any atom is -0.497 e. The van der Waals surface area contributed by atoms with E-state index in [1.807, 2.05) is 60.1 Å². The number of nitrogens with zero attached hydrogens (tertiary/aromatic N) is 3. The predicted octanol–water partition coefficient (Wildman–Crippen LogP) is 3.58. The Kier molecular flexibility index (Phi) is 7.02. The molecule has 7 nitrogen and oxygen atoms in total. The van der Waals surface area contributed by atoms with Crippen molar-refractivity contribution in [3.63, 3.8) is 0 Å². The van der Waals surface area contributed by atoms with E-state index in [0.29, 0.717) is 24.7 Å². The highest BCUT2D eigenvalue weighted by Crippen LogP contribution is 2.27. The Labute approximate surface area is 168 Å². The van der Waals surface area contributed by atoms with Crippen LogP contribution in [0, 0.1) is 0 Å². The van der Waals surface area contributed by atoms with Crippen LogP contribution in [0.3, 0.4) is 0 Å². The topological polar surface area (TPSA) is 67.6 Å². The average molecular weight is 401 g/mol. The molecule has 0 aliphatic heterocycles. The first-order chi connectivity index (χ1) is 13.7. The number of thioether (sulfide) groups is 1. The van der Waals surface area contributed by atoms with Crippen molar-refractivity contribution < 1.29 is 18.9 Å². The lowest BCUT2D eigenvalue weighted by Gasteiger charge is -2.10. The fourth-order valence-electron chi connectivity index (χ4n) is 2.44. The zero-order valence-corrected chi connectivity index (χ0v) is 16.9. The molecule has 2 aromatic carbocycles. The quantitative estimate of drug-likeness (QED) is 0.380. The smallest absolute Gasteiger partial charge is 0.191 e. The van der Waals surface area contributed by atoms with E-state index >= 15 is 0 Å². The van der Waals surface area contributed by atoms with Gasteiger partial charge in [0.25, 0.3) is 0 Å². The summed E-state index contributed by atoms with van der Waals surface area (Å²) in [6, 6.07) is 15.0. The normalized spacial score (nSPS) is 10.5.